The zero-order valence-corrected chi connectivity index (χ0v) is 16.4. The number of aromatic nitrogens is 3. The highest BCUT2D eigenvalue weighted by molar-refractivity contribution is 6.02. The summed E-state index contributed by atoms with van der Waals surface area (Å²) in [5, 5.41) is 9.61. The molecule has 1 aliphatic heterocycles. The highest BCUT2D eigenvalue weighted by Gasteiger charge is 2.14. The van der Waals surface area contributed by atoms with Gasteiger partial charge in [0.25, 0.3) is 5.91 Å². The van der Waals surface area contributed by atoms with Crippen molar-refractivity contribution in [3.63, 3.8) is 0 Å². The number of piperazine rings is 1. The third-order valence-corrected chi connectivity index (χ3v) is 4.78. The lowest BCUT2D eigenvalue weighted by atomic mass is 10.2. The second kappa shape index (κ2) is 8.27. The Morgan fingerprint density at radius 2 is 1.79 bits per heavy atom. The summed E-state index contributed by atoms with van der Waals surface area (Å²) >= 11 is 0. The monoisotopic (exact) mass is 393 g/mol. The summed E-state index contributed by atoms with van der Waals surface area (Å²) in [5.74, 6) is 1.12. The van der Waals surface area contributed by atoms with Crippen molar-refractivity contribution in [1.29, 1.82) is 0 Å². The first-order valence-electron chi connectivity index (χ1n) is 9.44. The highest BCUT2D eigenvalue weighted by atomic mass is 16.5. The lowest BCUT2D eigenvalue weighted by Gasteiger charge is -2.34. The summed E-state index contributed by atoms with van der Waals surface area (Å²) in [7, 11) is 2.15. The molecule has 0 atom stereocenters. The Morgan fingerprint density at radius 1 is 1.03 bits per heavy atom. The van der Waals surface area contributed by atoms with Gasteiger partial charge in [-0.05, 0) is 38.2 Å². The molecule has 0 unspecified atom stereocenters. The molecule has 4 rings (SSSR count). The normalized spacial score (nSPS) is 14.6. The summed E-state index contributed by atoms with van der Waals surface area (Å²) in [4.78, 5) is 25.3. The molecular weight excluding hydrogens is 370 g/mol. The molecule has 3 aromatic rings. The quantitative estimate of drug-likeness (QED) is 0.682. The first-order valence-corrected chi connectivity index (χ1v) is 9.44. The van der Waals surface area contributed by atoms with Gasteiger partial charge in [-0.1, -0.05) is 5.16 Å². The number of rotatable bonds is 5. The molecule has 0 radical (unpaired) electrons. The van der Waals surface area contributed by atoms with Gasteiger partial charge in [0.15, 0.2) is 5.82 Å². The van der Waals surface area contributed by atoms with Crippen molar-refractivity contribution in [3.05, 3.63) is 54.2 Å². The molecule has 0 spiro atoms. The van der Waals surface area contributed by atoms with Crippen LogP contribution in [-0.2, 0) is 0 Å². The Labute approximate surface area is 168 Å². The molecule has 3 heterocycles. The van der Waals surface area contributed by atoms with E-state index in [2.05, 4.69) is 54.7 Å². The molecule has 1 amide bonds. The van der Waals surface area contributed by atoms with E-state index in [1.165, 1.54) is 12.0 Å². The largest absolute Gasteiger partial charge is 0.369 e. The number of carbonyl (C=O) groups is 1. The van der Waals surface area contributed by atoms with Crippen molar-refractivity contribution in [2.45, 2.75) is 6.92 Å². The fraction of sp³-hybridized carbons (Fsp3) is 0.300. The van der Waals surface area contributed by atoms with Gasteiger partial charge in [-0.25, -0.2) is 9.97 Å². The van der Waals surface area contributed by atoms with E-state index in [1.807, 2.05) is 12.1 Å². The molecule has 2 N–H and O–H groups in total. The SMILES string of the molecule is Cc1cc(NC(=O)c2cc(Nc3ccc(N4CCN(C)CC4)cc3)ncn2)no1. The predicted octanol–water partition coefficient (Wildman–Crippen LogP) is 2.52. The van der Waals surface area contributed by atoms with E-state index in [9.17, 15) is 4.79 Å². The van der Waals surface area contributed by atoms with Crippen LogP contribution in [0.15, 0.2) is 47.2 Å². The maximum absolute atomic E-state index is 12.4. The summed E-state index contributed by atoms with van der Waals surface area (Å²) in [6, 6.07) is 11.4. The predicted molar refractivity (Wildman–Crippen MR) is 111 cm³/mol. The van der Waals surface area contributed by atoms with E-state index in [0.717, 1.165) is 31.9 Å². The molecule has 29 heavy (non-hydrogen) atoms. The van der Waals surface area contributed by atoms with Crippen LogP contribution in [0.3, 0.4) is 0 Å². The molecule has 0 bridgehead atoms. The van der Waals surface area contributed by atoms with E-state index in [-0.39, 0.29) is 11.6 Å². The van der Waals surface area contributed by atoms with Gasteiger partial charge in [-0.15, -0.1) is 0 Å². The Bertz CT molecular complexity index is 979. The number of benzene rings is 1. The van der Waals surface area contributed by atoms with Crippen LogP contribution in [0.4, 0.5) is 23.0 Å². The lowest BCUT2D eigenvalue weighted by Crippen LogP contribution is -2.44. The minimum Gasteiger partial charge on any atom is -0.369 e. The number of anilines is 4. The van der Waals surface area contributed by atoms with Crippen LogP contribution in [0, 0.1) is 6.92 Å². The maximum Gasteiger partial charge on any atom is 0.275 e. The van der Waals surface area contributed by atoms with Crippen molar-refractivity contribution in [1.82, 2.24) is 20.0 Å². The van der Waals surface area contributed by atoms with E-state index in [4.69, 9.17) is 4.52 Å². The Hall–Kier alpha value is -3.46. The molecule has 1 fully saturated rings. The average Bonchev–Trinajstić information content (AvgIpc) is 3.14. The van der Waals surface area contributed by atoms with E-state index in [0.29, 0.717) is 17.4 Å². The van der Waals surface area contributed by atoms with Crippen LogP contribution in [0.5, 0.6) is 0 Å². The van der Waals surface area contributed by atoms with E-state index >= 15 is 0 Å². The third-order valence-electron chi connectivity index (χ3n) is 4.78. The second-order valence-corrected chi connectivity index (χ2v) is 7.03. The Kier molecular flexibility index (Phi) is 5.39. The maximum atomic E-state index is 12.4. The van der Waals surface area contributed by atoms with Gasteiger partial charge in [0.1, 0.15) is 23.6 Å². The summed E-state index contributed by atoms with van der Waals surface area (Å²) in [5.41, 5.74) is 2.33. The number of aryl methyl sites for hydroxylation is 1. The molecule has 9 heteroatoms. The Balaban J connectivity index is 1.40. The van der Waals surface area contributed by atoms with E-state index < -0.39 is 0 Å². The Morgan fingerprint density at radius 3 is 2.48 bits per heavy atom. The second-order valence-electron chi connectivity index (χ2n) is 7.03. The molecule has 0 aliphatic carbocycles. The zero-order valence-electron chi connectivity index (χ0n) is 16.4. The fourth-order valence-corrected chi connectivity index (χ4v) is 3.12. The molecule has 1 aromatic carbocycles. The highest BCUT2D eigenvalue weighted by Crippen LogP contribution is 2.21. The zero-order chi connectivity index (χ0) is 20.2. The van der Waals surface area contributed by atoms with Crippen molar-refractivity contribution >= 4 is 28.9 Å². The smallest absolute Gasteiger partial charge is 0.275 e. The number of hydrogen-bond acceptors (Lipinski definition) is 8. The number of hydrogen-bond donors (Lipinski definition) is 2. The standard InChI is InChI=1S/C20H23N7O2/c1-14-11-19(25-29-14)24-20(28)17-12-18(22-13-21-17)23-15-3-5-16(6-4-15)27-9-7-26(2)8-10-27/h3-6,11-13H,7-10H2,1-2H3,(H,21,22,23)(H,24,25,28). The molecule has 1 saturated heterocycles. The van der Waals surface area contributed by atoms with Gasteiger partial charge in [0.05, 0.1) is 0 Å². The number of likely N-dealkylation sites (N-methyl/N-ethyl adjacent to an activating group) is 1. The molecule has 2 aromatic heterocycles. The van der Waals surface area contributed by atoms with Gasteiger partial charge < -0.3 is 25.0 Å². The van der Waals surface area contributed by atoms with Crippen LogP contribution in [0.2, 0.25) is 0 Å². The molecule has 150 valence electrons. The average molecular weight is 393 g/mol. The van der Waals surface area contributed by atoms with Gasteiger partial charge in [-0.3, -0.25) is 4.79 Å². The minimum absolute atomic E-state index is 0.234. The van der Waals surface area contributed by atoms with Crippen molar-refractivity contribution in [2.75, 3.05) is 48.8 Å². The number of carbonyl (C=O) groups excluding carboxylic acids is 1. The van der Waals surface area contributed by atoms with Crippen LogP contribution in [0.25, 0.3) is 0 Å². The van der Waals surface area contributed by atoms with Gasteiger partial charge in [0.2, 0.25) is 0 Å². The number of amides is 1. The van der Waals surface area contributed by atoms with Crippen molar-refractivity contribution in [2.24, 2.45) is 0 Å². The third kappa shape index (κ3) is 4.69. The lowest BCUT2D eigenvalue weighted by molar-refractivity contribution is 0.102. The molecule has 9 nitrogen and oxygen atoms in total. The number of nitrogens with zero attached hydrogens (tertiary/aromatic N) is 5. The van der Waals surface area contributed by atoms with Crippen LogP contribution < -0.4 is 15.5 Å². The number of nitrogens with one attached hydrogen (secondary N) is 2. The van der Waals surface area contributed by atoms with Gasteiger partial charge in [0, 0.05) is 49.7 Å². The van der Waals surface area contributed by atoms with Gasteiger partial charge >= 0.3 is 0 Å². The van der Waals surface area contributed by atoms with Crippen molar-refractivity contribution < 1.29 is 9.32 Å². The summed E-state index contributed by atoms with van der Waals surface area (Å²) < 4.78 is 4.95. The first kappa shape index (κ1) is 18.9. The molecular formula is C20H23N7O2. The van der Waals surface area contributed by atoms with Crippen LogP contribution in [0.1, 0.15) is 16.2 Å². The van der Waals surface area contributed by atoms with Crippen LogP contribution in [-0.4, -0.2) is 59.2 Å². The topological polar surface area (TPSA) is 99.4 Å². The van der Waals surface area contributed by atoms with E-state index in [1.54, 1.807) is 19.1 Å². The minimum atomic E-state index is -0.380. The van der Waals surface area contributed by atoms with Gasteiger partial charge in [-0.2, -0.15) is 0 Å². The fourth-order valence-electron chi connectivity index (χ4n) is 3.12. The molecule has 1 aliphatic rings. The summed E-state index contributed by atoms with van der Waals surface area (Å²) in [6.07, 6.45) is 1.35. The van der Waals surface area contributed by atoms with Crippen LogP contribution >= 0.6 is 0 Å². The first-order chi connectivity index (χ1) is 14.1. The molecule has 0 saturated carbocycles. The summed E-state index contributed by atoms with van der Waals surface area (Å²) in [6.45, 7) is 5.95. The van der Waals surface area contributed by atoms with Crippen molar-refractivity contribution in [3.8, 4) is 0 Å².